The van der Waals surface area contributed by atoms with Crippen LogP contribution in [0.3, 0.4) is 0 Å². The number of ether oxygens (including phenoxy) is 2. The maximum Gasteiger partial charge on any atom is 0.391 e. The van der Waals surface area contributed by atoms with E-state index in [9.17, 15) is 5.11 Å². The molecule has 0 amide bonds. The number of benzene rings is 1. The van der Waals surface area contributed by atoms with Gasteiger partial charge in [0, 0.05) is 5.56 Å². The van der Waals surface area contributed by atoms with Crippen molar-refractivity contribution >= 4 is 11.8 Å². The molecule has 1 aliphatic heterocycles. The number of aliphatic imine (C=N–C) groups is 1. The second-order valence-corrected chi connectivity index (χ2v) is 2.84. The first-order valence-electron chi connectivity index (χ1n) is 4.46. The van der Waals surface area contributed by atoms with Crippen molar-refractivity contribution in [3.8, 4) is 0 Å². The van der Waals surface area contributed by atoms with Crippen molar-refractivity contribution in [2.45, 2.75) is 13.2 Å². The minimum absolute atomic E-state index is 0.124. The Kier molecular flexibility index (Phi) is 2.37. The molecule has 0 saturated heterocycles. The number of aliphatic hydroxyl groups is 1. The molecule has 0 bridgehead atoms. The molecule has 1 N–H and O–H groups in total. The number of fused-ring (bicyclic) bond motifs is 1. The summed E-state index contributed by atoms with van der Waals surface area (Å²) >= 11 is 0. The van der Waals surface area contributed by atoms with Gasteiger partial charge in [-0.1, -0.05) is 18.2 Å². The van der Waals surface area contributed by atoms with Crippen LogP contribution in [0, 0.1) is 0 Å². The minimum Gasteiger partial charge on any atom is -0.451 e. The second-order valence-electron chi connectivity index (χ2n) is 2.84. The van der Waals surface area contributed by atoms with Gasteiger partial charge in [-0.05, 0) is 13.0 Å². The third-order valence-electron chi connectivity index (χ3n) is 1.89. The van der Waals surface area contributed by atoms with Crippen molar-refractivity contribution in [3.05, 3.63) is 29.8 Å². The van der Waals surface area contributed by atoms with Gasteiger partial charge in [-0.25, -0.2) is 0 Å². The summed E-state index contributed by atoms with van der Waals surface area (Å²) in [6, 6.07) is 7.25. The molecule has 0 aromatic heterocycles. The summed E-state index contributed by atoms with van der Waals surface area (Å²) in [5.74, 6) is 0. The van der Waals surface area contributed by atoms with Gasteiger partial charge in [0.05, 0.1) is 12.3 Å². The fraction of sp³-hybridized carbons (Fsp3) is 0.300. The van der Waals surface area contributed by atoms with Crippen LogP contribution in [-0.4, -0.2) is 17.8 Å². The Hall–Kier alpha value is -1.55. The number of rotatable bonds is 1. The van der Waals surface area contributed by atoms with Gasteiger partial charge in [-0.2, -0.15) is 4.99 Å². The van der Waals surface area contributed by atoms with Crippen molar-refractivity contribution in [1.82, 2.24) is 0 Å². The monoisotopic (exact) mass is 193 g/mol. The molecule has 0 radical (unpaired) electrons. The largest absolute Gasteiger partial charge is 0.451 e. The van der Waals surface area contributed by atoms with Crippen molar-refractivity contribution < 1.29 is 14.6 Å². The van der Waals surface area contributed by atoms with Crippen molar-refractivity contribution in [2.24, 2.45) is 4.99 Å². The lowest BCUT2D eigenvalue weighted by Gasteiger charge is -2.20. The number of hydrogen-bond donors (Lipinski definition) is 1. The Morgan fingerprint density at radius 3 is 3.07 bits per heavy atom. The zero-order valence-corrected chi connectivity index (χ0v) is 7.80. The summed E-state index contributed by atoms with van der Waals surface area (Å²) in [7, 11) is 0. The maximum atomic E-state index is 9.58. The first-order valence-corrected chi connectivity index (χ1v) is 4.46. The molecule has 1 atom stereocenters. The number of aliphatic hydroxyl groups excluding tert-OH is 1. The van der Waals surface area contributed by atoms with Crippen LogP contribution in [0.25, 0.3) is 0 Å². The number of hydrogen-bond acceptors (Lipinski definition) is 4. The highest BCUT2D eigenvalue weighted by molar-refractivity contribution is 5.74. The lowest BCUT2D eigenvalue weighted by atomic mass is 10.1. The minimum atomic E-state index is -0.981. The van der Waals surface area contributed by atoms with E-state index in [1.807, 2.05) is 19.1 Å². The molecule has 0 fully saturated rings. The lowest BCUT2D eigenvalue weighted by Crippen LogP contribution is -2.17. The van der Waals surface area contributed by atoms with E-state index in [1.165, 1.54) is 0 Å². The smallest absolute Gasteiger partial charge is 0.391 e. The summed E-state index contributed by atoms with van der Waals surface area (Å²) in [5.41, 5.74) is 1.35. The molecular formula is C10H11NO3. The Labute approximate surface area is 81.8 Å². The van der Waals surface area contributed by atoms with E-state index in [1.54, 1.807) is 12.1 Å². The van der Waals surface area contributed by atoms with Crippen LogP contribution in [-0.2, 0) is 9.47 Å². The molecule has 1 heterocycles. The van der Waals surface area contributed by atoms with E-state index in [0.717, 1.165) is 0 Å². The summed E-state index contributed by atoms with van der Waals surface area (Å²) in [5, 5.41) is 9.58. The van der Waals surface area contributed by atoms with Crippen LogP contribution in [0.5, 0.6) is 0 Å². The fourth-order valence-corrected chi connectivity index (χ4v) is 1.27. The fourth-order valence-electron chi connectivity index (χ4n) is 1.27. The van der Waals surface area contributed by atoms with Crippen LogP contribution in [0.2, 0.25) is 0 Å². The molecule has 1 aromatic rings. The summed E-state index contributed by atoms with van der Waals surface area (Å²) in [4.78, 5) is 4.10. The maximum absolute atomic E-state index is 9.58. The van der Waals surface area contributed by atoms with Crippen LogP contribution < -0.4 is 0 Å². The summed E-state index contributed by atoms with van der Waals surface area (Å²) in [6.45, 7) is 2.30. The summed E-state index contributed by atoms with van der Waals surface area (Å²) in [6.07, 6.45) is -0.857. The third kappa shape index (κ3) is 1.56. The Morgan fingerprint density at radius 2 is 2.29 bits per heavy atom. The molecule has 74 valence electrons. The SMILES string of the molecule is CCOC1=Nc2ccccc2C(O)O1. The first kappa shape index (κ1) is 9.02. The van der Waals surface area contributed by atoms with Crippen molar-refractivity contribution in [2.75, 3.05) is 6.61 Å². The zero-order valence-electron chi connectivity index (χ0n) is 7.80. The van der Waals surface area contributed by atoms with E-state index in [-0.39, 0.29) is 6.08 Å². The quantitative estimate of drug-likeness (QED) is 0.739. The average Bonchev–Trinajstić information content (AvgIpc) is 2.18. The van der Waals surface area contributed by atoms with E-state index < -0.39 is 6.29 Å². The van der Waals surface area contributed by atoms with E-state index in [0.29, 0.717) is 17.9 Å². The zero-order chi connectivity index (χ0) is 9.97. The van der Waals surface area contributed by atoms with Crippen molar-refractivity contribution in [3.63, 3.8) is 0 Å². The third-order valence-corrected chi connectivity index (χ3v) is 1.89. The average molecular weight is 193 g/mol. The molecule has 1 aromatic carbocycles. The molecule has 1 aliphatic rings. The molecule has 4 nitrogen and oxygen atoms in total. The van der Waals surface area contributed by atoms with Gasteiger partial charge in [0.25, 0.3) is 0 Å². The Bertz CT molecular complexity index is 362. The number of para-hydroxylation sites is 1. The van der Waals surface area contributed by atoms with E-state index in [4.69, 9.17) is 9.47 Å². The molecule has 14 heavy (non-hydrogen) atoms. The van der Waals surface area contributed by atoms with Gasteiger partial charge < -0.3 is 14.6 Å². The van der Waals surface area contributed by atoms with E-state index in [2.05, 4.69) is 4.99 Å². The van der Waals surface area contributed by atoms with Gasteiger partial charge in [-0.15, -0.1) is 0 Å². The predicted octanol–water partition coefficient (Wildman–Crippen LogP) is 1.73. The van der Waals surface area contributed by atoms with Gasteiger partial charge in [0.1, 0.15) is 0 Å². The molecule has 1 unspecified atom stereocenters. The molecular weight excluding hydrogens is 182 g/mol. The van der Waals surface area contributed by atoms with Crippen LogP contribution in [0.4, 0.5) is 5.69 Å². The first-order chi connectivity index (χ1) is 6.81. The highest BCUT2D eigenvalue weighted by atomic mass is 16.7. The Morgan fingerprint density at radius 1 is 1.50 bits per heavy atom. The highest BCUT2D eigenvalue weighted by Gasteiger charge is 2.21. The van der Waals surface area contributed by atoms with E-state index >= 15 is 0 Å². The number of nitrogens with zero attached hydrogens (tertiary/aromatic N) is 1. The lowest BCUT2D eigenvalue weighted by molar-refractivity contribution is -0.0553. The predicted molar refractivity (Wildman–Crippen MR) is 51.2 cm³/mol. The van der Waals surface area contributed by atoms with Crippen LogP contribution in [0.1, 0.15) is 18.8 Å². The summed E-state index contributed by atoms with van der Waals surface area (Å²) < 4.78 is 10.1. The topological polar surface area (TPSA) is 51.0 Å². The van der Waals surface area contributed by atoms with Gasteiger partial charge in [0.2, 0.25) is 6.29 Å². The molecule has 0 spiro atoms. The van der Waals surface area contributed by atoms with Crippen LogP contribution in [0.15, 0.2) is 29.3 Å². The molecule has 0 saturated carbocycles. The molecule has 4 heteroatoms. The van der Waals surface area contributed by atoms with Gasteiger partial charge in [0.15, 0.2) is 0 Å². The Balaban J connectivity index is 2.35. The van der Waals surface area contributed by atoms with Crippen LogP contribution >= 0.6 is 0 Å². The van der Waals surface area contributed by atoms with Gasteiger partial charge >= 0.3 is 6.08 Å². The van der Waals surface area contributed by atoms with Crippen molar-refractivity contribution in [1.29, 1.82) is 0 Å². The standard InChI is InChI=1S/C10H11NO3/c1-2-13-10-11-8-6-4-3-5-7(8)9(12)14-10/h3-6,9,12H,2H2,1H3. The molecule has 0 aliphatic carbocycles. The highest BCUT2D eigenvalue weighted by Crippen LogP contribution is 2.30. The molecule has 2 rings (SSSR count). The second kappa shape index (κ2) is 3.67. The normalized spacial score (nSPS) is 19.3. The van der Waals surface area contributed by atoms with Gasteiger partial charge in [-0.3, -0.25) is 0 Å².